The molecule has 4 aromatic rings. The van der Waals surface area contributed by atoms with Gasteiger partial charge in [-0.2, -0.15) is 0 Å². The Labute approximate surface area is 206 Å². The van der Waals surface area contributed by atoms with Crippen LogP contribution in [-0.4, -0.2) is 32.9 Å². The predicted octanol–water partition coefficient (Wildman–Crippen LogP) is 5.25. The lowest BCUT2D eigenvalue weighted by atomic mass is 9.88. The number of imidazole rings is 1. The quantitative estimate of drug-likeness (QED) is 0.341. The molecule has 1 fully saturated rings. The highest BCUT2D eigenvalue weighted by Crippen LogP contribution is 2.34. The average Bonchev–Trinajstić information content (AvgIpc) is 3.37. The van der Waals surface area contributed by atoms with E-state index >= 15 is 0 Å². The summed E-state index contributed by atoms with van der Waals surface area (Å²) in [4.78, 5) is 31.9. The van der Waals surface area contributed by atoms with Gasteiger partial charge in [-0.1, -0.05) is 70.5 Å². The minimum absolute atomic E-state index is 0.211. The van der Waals surface area contributed by atoms with Crippen molar-refractivity contribution in [3.05, 3.63) is 101 Å². The number of nitrogens with one attached hydrogen (secondary N) is 1. The minimum atomic E-state index is -1.08. The Morgan fingerprint density at radius 1 is 1.00 bits per heavy atom. The first-order chi connectivity index (χ1) is 16.5. The number of hydrogen-bond acceptors (Lipinski definition) is 3. The molecule has 0 bridgehead atoms. The molecule has 1 atom stereocenters. The summed E-state index contributed by atoms with van der Waals surface area (Å²) in [6, 6.07) is 21.6. The van der Waals surface area contributed by atoms with Crippen molar-refractivity contribution in [2.75, 3.05) is 6.54 Å². The number of benzene rings is 3. The third kappa shape index (κ3) is 4.12. The topological polar surface area (TPSA) is 67.2 Å². The highest BCUT2D eigenvalue weighted by atomic mass is 79.9. The highest BCUT2D eigenvalue weighted by molar-refractivity contribution is 9.10. The van der Waals surface area contributed by atoms with Crippen LogP contribution in [0, 0.1) is 0 Å². The van der Waals surface area contributed by atoms with Gasteiger partial charge in [0.15, 0.2) is 0 Å². The monoisotopic (exact) mass is 516 g/mol. The zero-order valence-electron chi connectivity index (χ0n) is 18.9. The lowest BCUT2D eigenvalue weighted by molar-refractivity contribution is -0.131. The second-order valence-electron chi connectivity index (χ2n) is 8.78. The third-order valence-corrected chi connectivity index (χ3v) is 7.01. The number of carbonyl (C=O) groups is 2. The van der Waals surface area contributed by atoms with Crippen LogP contribution >= 0.6 is 15.9 Å². The van der Waals surface area contributed by atoms with Crippen molar-refractivity contribution in [2.24, 2.45) is 0 Å². The number of carbonyl (C=O) groups excluding carboxylic acids is 2. The van der Waals surface area contributed by atoms with E-state index in [1.54, 1.807) is 6.92 Å². The summed E-state index contributed by atoms with van der Waals surface area (Å²) in [6.45, 7) is 2.88. The normalized spacial score (nSPS) is 18.0. The molecule has 2 heterocycles. The maximum absolute atomic E-state index is 13.4. The predicted molar refractivity (Wildman–Crippen MR) is 135 cm³/mol. The lowest BCUT2D eigenvalue weighted by Gasteiger charge is -2.24. The van der Waals surface area contributed by atoms with Gasteiger partial charge in [-0.15, -0.1) is 0 Å². The fraction of sp³-hybridized carbons (Fsp3) is 0.222. The lowest BCUT2D eigenvalue weighted by Crippen LogP contribution is -2.41. The van der Waals surface area contributed by atoms with E-state index in [1.165, 1.54) is 10.5 Å². The van der Waals surface area contributed by atoms with E-state index in [9.17, 15) is 9.59 Å². The Morgan fingerprint density at radius 3 is 2.59 bits per heavy atom. The number of urea groups is 1. The summed E-state index contributed by atoms with van der Waals surface area (Å²) in [7, 11) is 0. The van der Waals surface area contributed by atoms with Gasteiger partial charge in [0.1, 0.15) is 5.54 Å². The Morgan fingerprint density at radius 2 is 1.76 bits per heavy atom. The molecule has 0 aliphatic carbocycles. The molecular formula is C27H25BrN4O2. The molecule has 0 saturated carbocycles. The van der Waals surface area contributed by atoms with Crippen LogP contribution in [0.3, 0.4) is 0 Å². The second-order valence-corrected chi connectivity index (χ2v) is 9.70. The number of imide groups is 1. The van der Waals surface area contributed by atoms with Crippen molar-refractivity contribution >= 4 is 38.6 Å². The van der Waals surface area contributed by atoms with E-state index in [2.05, 4.69) is 42.9 Å². The summed E-state index contributed by atoms with van der Waals surface area (Å²) in [5.41, 5.74) is 2.00. The van der Waals surface area contributed by atoms with E-state index in [4.69, 9.17) is 0 Å². The molecule has 0 spiro atoms. The number of aromatic nitrogens is 2. The molecule has 0 radical (unpaired) electrons. The van der Waals surface area contributed by atoms with Gasteiger partial charge in [0, 0.05) is 29.5 Å². The first kappa shape index (κ1) is 22.3. The van der Waals surface area contributed by atoms with Gasteiger partial charge < -0.3 is 9.88 Å². The summed E-state index contributed by atoms with van der Waals surface area (Å²) < 4.78 is 3.15. The second kappa shape index (κ2) is 9.06. The molecule has 1 unspecified atom stereocenters. The molecule has 1 aliphatic rings. The van der Waals surface area contributed by atoms with Crippen LogP contribution in [0.4, 0.5) is 4.79 Å². The largest absolute Gasteiger partial charge is 0.330 e. The molecule has 7 heteroatoms. The van der Waals surface area contributed by atoms with Crippen LogP contribution in [0.1, 0.15) is 30.2 Å². The van der Waals surface area contributed by atoms with Crippen LogP contribution in [0.25, 0.3) is 10.8 Å². The van der Waals surface area contributed by atoms with Crippen molar-refractivity contribution < 1.29 is 9.59 Å². The maximum atomic E-state index is 13.4. The number of halogens is 1. The van der Waals surface area contributed by atoms with E-state index in [1.807, 2.05) is 67.1 Å². The van der Waals surface area contributed by atoms with Crippen LogP contribution in [0.2, 0.25) is 0 Å². The molecule has 1 saturated heterocycles. The van der Waals surface area contributed by atoms with Crippen molar-refractivity contribution in [3.8, 4) is 0 Å². The van der Waals surface area contributed by atoms with Gasteiger partial charge >= 0.3 is 6.03 Å². The zero-order chi connectivity index (χ0) is 23.7. The fourth-order valence-electron chi connectivity index (χ4n) is 4.65. The van der Waals surface area contributed by atoms with Gasteiger partial charge in [0.2, 0.25) is 0 Å². The first-order valence-electron chi connectivity index (χ1n) is 11.3. The SMILES string of the molecule is CC1(c2cccc3ccccc23)NC(=O)N(CCCc2cncn2Cc2ccc(Br)cc2)C1=O. The third-order valence-electron chi connectivity index (χ3n) is 6.48. The zero-order valence-corrected chi connectivity index (χ0v) is 20.5. The number of fused-ring (bicyclic) bond motifs is 1. The molecule has 3 amide bonds. The Hall–Kier alpha value is -3.45. The van der Waals surface area contributed by atoms with Crippen molar-refractivity contribution in [1.82, 2.24) is 19.8 Å². The van der Waals surface area contributed by atoms with E-state index < -0.39 is 5.54 Å². The molecule has 1 aromatic heterocycles. The van der Waals surface area contributed by atoms with Gasteiger partial charge in [0.25, 0.3) is 5.91 Å². The molecule has 172 valence electrons. The van der Waals surface area contributed by atoms with Crippen LogP contribution in [0.15, 0.2) is 83.7 Å². The number of nitrogens with zero attached hydrogens (tertiary/aromatic N) is 3. The van der Waals surface area contributed by atoms with Crippen LogP contribution in [-0.2, 0) is 23.3 Å². The van der Waals surface area contributed by atoms with Crippen LogP contribution in [0.5, 0.6) is 0 Å². The van der Waals surface area contributed by atoms with Gasteiger partial charge in [-0.3, -0.25) is 9.69 Å². The highest BCUT2D eigenvalue weighted by Gasteiger charge is 2.49. The van der Waals surface area contributed by atoms with E-state index in [0.717, 1.165) is 39.5 Å². The Balaban J connectivity index is 1.28. The van der Waals surface area contributed by atoms with Crippen LogP contribution < -0.4 is 5.32 Å². The summed E-state index contributed by atoms with van der Waals surface area (Å²) in [6.07, 6.45) is 5.06. The summed E-state index contributed by atoms with van der Waals surface area (Å²) in [5.74, 6) is -0.211. The molecular weight excluding hydrogens is 492 g/mol. The molecule has 6 nitrogen and oxygen atoms in total. The van der Waals surface area contributed by atoms with Crippen molar-refractivity contribution in [3.63, 3.8) is 0 Å². The molecule has 5 rings (SSSR count). The van der Waals surface area contributed by atoms with E-state index in [-0.39, 0.29) is 11.9 Å². The standard InChI is InChI=1S/C27H25BrN4O2/c1-27(24-10-4-7-20-6-2-3-9-23(20)24)25(33)32(26(34)30-27)15-5-8-22-16-29-18-31(22)17-19-11-13-21(28)14-12-19/h2-4,6-7,9-14,16,18H,5,8,15,17H2,1H3,(H,30,34). The van der Waals surface area contributed by atoms with Crippen molar-refractivity contribution in [2.45, 2.75) is 31.8 Å². The number of aryl methyl sites for hydroxylation is 1. The Bertz CT molecular complexity index is 1360. The number of rotatable bonds is 7. The number of amides is 3. The fourth-order valence-corrected chi connectivity index (χ4v) is 4.91. The maximum Gasteiger partial charge on any atom is 0.325 e. The smallest absolute Gasteiger partial charge is 0.325 e. The van der Waals surface area contributed by atoms with Crippen molar-refractivity contribution in [1.29, 1.82) is 0 Å². The molecule has 1 aliphatic heterocycles. The summed E-state index contributed by atoms with van der Waals surface area (Å²) in [5, 5.41) is 4.96. The number of hydrogen-bond donors (Lipinski definition) is 1. The first-order valence-corrected chi connectivity index (χ1v) is 12.1. The van der Waals surface area contributed by atoms with Gasteiger partial charge in [0.05, 0.1) is 6.33 Å². The van der Waals surface area contributed by atoms with Gasteiger partial charge in [-0.05, 0) is 53.8 Å². The van der Waals surface area contributed by atoms with Gasteiger partial charge in [-0.25, -0.2) is 9.78 Å². The average molecular weight is 517 g/mol. The molecule has 34 heavy (non-hydrogen) atoms. The molecule has 1 N–H and O–H groups in total. The Kier molecular flexibility index (Phi) is 5.96. The summed E-state index contributed by atoms with van der Waals surface area (Å²) >= 11 is 3.46. The molecule has 3 aromatic carbocycles. The van der Waals surface area contributed by atoms with E-state index in [0.29, 0.717) is 13.0 Å². The minimum Gasteiger partial charge on any atom is -0.330 e.